The lowest BCUT2D eigenvalue weighted by Crippen LogP contribution is -2.46. The molecule has 7 heteroatoms. The molecule has 3 heterocycles. The van der Waals surface area contributed by atoms with Gasteiger partial charge in [0.15, 0.2) is 5.65 Å². The van der Waals surface area contributed by atoms with Crippen LogP contribution in [0.5, 0.6) is 0 Å². The van der Waals surface area contributed by atoms with Crippen LogP contribution in [0.25, 0.3) is 11.0 Å². The van der Waals surface area contributed by atoms with Crippen LogP contribution in [-0.2, 0) is 5.54 Å². The molecule has 1 aliphatic rings. The molecule has 1 fully saturated rings. The predicted molar refractivity (Wildman–Crippen MR) is 101 cm³/mol. The molecule has 0 unspecified atom stereocenters. The summed E-state index contributed by atoms with van der Waals surface area (Å²) in [5.41, 5.74) is 0.306. The smallest absolute Gasteiger partial charge is 0.263 e. The van der Waals surface area contributed by atoms with Crippen molar-refractivity contribution in [3.63, 3.8) is 0 Å². The van der Waals surface area contributed by atoms with Crippen LogP contribution in [0, 0.1) is 0 Å². The zero-order valence-corrected chi connectivity index (χ0v) is 16.2. The van der Waals surface area contributed by atoms with Gasteiger partial charge in [-0.25, -0.2) is 4.68 Å². The number of H-pyrrole nitrogens is 1. The monoisotopic (exact) mass is 346 g/mol. The maximum Gasteiger partial charge on any atom is 0.263 e. The second-order valence-corrected chi connectivity index (χ2v) is 8.33. The number of fused-ring (bicyclic) bond motifs is 1. The van der Waals surface area contributed by atoms with Gasteiger partial charge in [-0.05, 0) is 47.5 Å². The van der Waals surface area contributed by atoms with E-state index in [1.54, 1.807) is 6.20 Å². The van der Waals surface area contributed by atoms with Crippen molar-refractivity contribution in [2.24, 2.45) is 0 Å². The average molecular weight is 346 g/mol. The fraction of sp³-hybridized carbons (Fsp3) is 0.722. The maximum absolute atomic E-state index is 12.5. The van der Waals surface area contributed by atoms with Gasteiger partial charge in [-0.15, -0.1) is 0 Å². The number of aromatic amines is 1. The summed E-state index contributed by atoms with van der Waals surface area (Å²) >= 11 is 0. The molecule has 0 aromatic carbocycles. The van der Waals surface area contributed by atoms with Crippen LogP contribution in [0.4, 0.5) is 5.95 Å². The molecule has 3 rings (SSSR count). The van der Waals surface area contributed by atoms with E-state index in [1.165, 1.54) is 0 Å². The number of nitrogens with one attached hydrogen (secondary N) is 1. The van der Waals surface area contributed by atoms with E-state index < -0.39 is 0 Å². The minimum Gasteiger partial charge on any atom is -0.342 e. The summed E-state index contributed by atoms with van der Waals surface area (Å²) in [5, 5.41) is 4.92. The molecule has 25 heavy (non-hydrogen) atoms. The molecular weight excluding hydrogens is 316 g/mol. The Morgan fingerprint density at radius 1 is 1.28 bits per heavy atom. The van der Waals surface area contributed by atoms with E-state index >= 15 is 0 Å². The molecular formula is C18H30N6O. The minimum atomic E-state index is -0.221. The summed E-state index contributed by atoms with van der Waals surface area (Å²) in [4.78, 5) is 24.8. The Balaban J connectivity index is 1.90. The number of aromatic nitrogens is 4. The molecule has 0 atom stereocenters. The number of likely N-dealkylation sites (tertiary alicyclic amines) is 1. The van der Waals surface area contributed by atoms with Gasteiger partial charge in [0.05, 0.1) is 11.7 Å². The molecule has 1 saturated heterocycles. The fourth-order valence-corrected chi connectivity index (χ4v) is 3.53. The number of anilines is 1. The largest absolute Gasteiger partial charge is 0.342 e. The summed E-state index contributed by atoms with van der Waals surface area (Å²) in [6.45, 7) is 12.8. The molecule has 2 aromatic rings. The first-order valence-corrected chi connectivity index (χ1v) is 9.14. The lowest BCUT2D eigenvalue weighted by molar-refractivity contribution is 0.171. The fourth-order valence-electron chi connectivity index (χ4n) is 3.53. The van der Waals surface area contributed by atoms with Gasteiger partial charge >= 0.3 is 0 Å². The molecule has 1 aliphatic heterocycles. The van der Waals surface area contributed by atoms with Gasteiger partial charge in [-0.3, -0.25) is 9.78 Å². The second-order valence-electron chi connectivity index (χ2n) is 8.33. The van der Waals surface area contributed by atoms with Crippen molar-refractivity contribution in [1.29, 1.82) is 0 Å². The zero-order valence-electron chi connectivity index (χ0n) is 16.2. The molecule has 0 amide bonds. The SMILES string of the molecule is CC(C)N1CCC(N(C)c2nc3c(cnn3C(C)(C)C)c(=O)[nH]2)CC1. The number of piperidine rings is 1. The number of hydrogen-bond acceptors (Lipinski definition) is 5. The summed E-state index contributed by atoms with van der Waals surface area (Å²) in [6, 6.07) is 0.975. The Bertz CT molecular complexity index is 792. The van der Waals surface area contributed by atoms with Gasteiger partial charge in [-0.2, -0.15) is 10.1 Å². The van der Waals surface area contributed by atoms with Gasteiger partial charge in [0.1, 0.15) is 5.39 Å². The highest BCUT2D eigenvalue weighted by Crippen LogP contribution is 2.23. The third-order valence-corrected chi connectivity index (χ3v) is 5.17. The highest BCUT2D eigenvalue weighted by molar-refractivity contribution is 5.74. The Morgan fingerprint density at radius 2 is 1.92 bits per heavy atom. The predicted octanol–water partition coefficient (Wildman–Crippen LogP) is 2.18. The van der Waals surface area contributed by atoms with E-state index in [2.05, 4.69) is 54.5 Å². The lowest BCUT2D eigenvalue weighted by Gasteiger charge is -2.38. The normalized spacial score (nSPS) is 17.6. The highest BCUT2D eigenvalue weighted by Gasteiger charge is 2.26. The van der Waals surface area contributed by atoms with Crippen LogP contribution in [-0.4, -0.2) is 56.9 Å². The molecule has 0 bridgehead atoms. The van der Waals surface area contributed by atoms with Crippen molar-refractivity contribution in [3.8, 4) is 0 Å². The van der Waals surface area contributed by atoms with E-state index in [9.17, 15) is 4.79 Å². The lowest BCUT2D eigenvalue weighted by atomic mass is 10.0. The van der Waals surface area contributed by atoms with Crippen molar-refractivity contribution < 1.29 is 0 Å². The van der Waals surface area contributed by atoms with Crippen LogP contribution < -0.4 is 10.5 Å². The molecule has 0 aliphatic carbocycles. The summed E-state index contributed by atoms with van der Waals surface area (Å²) in [6.07, 6.45) is 3.77. The highest BCUT2D eigenvalue weighted by atomic mass is 16.1. The van der Waals surface area contributed by atoms with Crippen LogP contribution in [0.15, 0.2) is 11.0 Å². The first kappa shape index (κ1) is 17.9. The molecule has 0 saturated carbocycles. The number of rotatable bonds is 3. The van der Waals surface area contributed by atoms with E-state index in [4.69, 9.17) is 4.98 Å². The van der Waals surface area contributed by atoms with Crippen LogP contribution in [0.1, 0.15) is 47.5 Å². The van der Waals surface area contributed by atoms with Gasteiger partial charge in [0.25, 0.3) is 5.56 Å². The Kier molecular flexibility index (Phi) is 4.62. The summed E-state index contributed by atoms with van der Waals surface area (Å²) in [7, 11) is 2.03. The van der Waals surface area contributed by atoms with Gasteiger partial charge in [0.2, 0.25) is 5.95 Å². The van der Waals surface area contributed by atoms with Crippen molar-refractivity contribution in [3.05, 3.63) is 16.6 Å². The van der Waals surface area contributed by atoms with Gasteiger partial charge in [-0.1, -0.05) is 0 Å². The Morgan fingerprint density at radius 3 is 2.48 bits per heavy atom. The Hall–Kier alpha value is -1.89. The third-order valence-electron chi connectivity index (χ3n) is 5.17. The number of hydrogen-bond donors (Lipinski definition) is 1. The molecule has 1 N–H and O–H groups in total. The summed E-state index contributed by atoms with van der Waals surface area (Å²) in [5.74, 6) is 0.631. The van der Waals surface area contributed by atoms with Crippen molar-refractivity contribution in [2.45, 2.75) is 65.1 Å². The molecule has 7 nitrogen and oxygen atoms in total. The molecule has 2 aromatic heterocycles. The van der Waals surface area contributed by atoms with E-state index in [-0.39, 0.29) is 11.1 Å². The van der Waals surface area contributed by atoms with Gasteiger partial charge in [0, 0.05) is 32.2 Å². The molecule has 0 spiro atoms. The van der Waals surface area contributed by atoms with Crippen LogP contribution in [0.3, 0.4) is 0 Å². The van der Waals surface area contributed by atoms with Crippen molar-refractivity contribution >= 4 is 17.0 Å². The van der Waals surface area contributed by atoms with E-state index in [0.717, 1.165) is 25.9 Å². The standard InChI is InChI=1S/C18H30N6O/c1-12(2)23-9-7-13(8-10-23)22(6)17-20-15-14(16(25)21-17)11-19-24(15)18(3,4)5/h11-13H,7-10H2,1-6H3,(H,20,21,25). The molecule has 138 valence electrons. The Labute approximate surface area is 149 Å². The van der Waals surface area contributed by atoms with Crippen LogP contribution in [0.2, 0.25) is 0 Å². The first-order valence-electron chi connectivity index (χ1n) is 9.14. The van der Waals surface area contributed by atoms with E-state index in [0.29, 0.717) is 29.1 Å². The quantitative estimate of drug-likeness (QED) is 0.922. The maximum atomic E-state index is 12.5. The van der Waals surface area contributed by atoms with Crippen molar-refractivity contribution in [1.82, 2.24) is 24.6 Å². The third kappa shape index (κ3) is 3.42. The van der Waals surface area contributed by atoms with Gasteiger partial charge < -0.3 is 9.80 Å². The minimum absolute atomic E-state index is 0.123. The molecule has 0 radical (unpaired) electrons. The second kappa shape index (κ2) is 6.44. The topological polar surface area (TPSA) is 70.1 Å². The number of nitrogens with zero attached hydrogens (tertiary/aromatic N) is 5. The summed E-state index contributed by atoms with van der Waals surface area (Å²) < 4.78 is 1.83. The first-order chi connectivity index (χ1) is 11.7. The zero-order chi connectivity index (χ0) is 18.4. The van der Waals surface area contributed by atoms with Crippen molar-refractivity contribution in [2.75, 3.05) is 25.0 Å². The van der Waals surface area contributed by atoms with Crippen LogP contribution >= 0.6 is 0 Å². The van der Waals surface area contributed by atoms with E-state index in [1.807, 2.05) is 11.7 Å². The average Bonchev–Trinajstić information content (AvgIpc) is 2.99.